The summed E-state index contributed by atoms with van der Waals surface area (Å²) in [5.74, 6) is -1.13. The molecular formula is C49H65N3O8S2. The van der Waals surface area contributed by atoms with Crippen molar-refractivity contribution in [2.75, 3.05) is 37.7 Å². The Bertz CT molecular complexity index is 1850. The number of allylic oxidation sites excluding steroid dienone is 11. The second-order valence-corrected chi connectivity index (χ2v) is 17.4. The predicted molar refractivity (Wildman–Crippen MR) is 254 cm³/mol. The maximum Gasteiger partial charge on any atom is 0.347 e. The van der Waals surface area contributed by atoms with Crippen molar-refractivity contribution in [1.82, 2.24) is 16.0 Å². The van der Waals surface area contributed by atoms with E-state index in [9.17, 15) is 29.1 Å². The molecule has 1 unspecified atom stereocenters. The summed E-state index contributed by atoms with van der Waals surface area (Å²) in [6.45, 7) is 10.8. The Morgan fingerprint density at radius 2 is 1.31 bits per heavy atom. The Kier molecular flexibility index (Phi) is 27.7. The number of para-hydroxylation sites is 2. The van der Waals surface area contributed by atoms with Crippen LogP contribution in [0, 0.1) is 11.3 Å². The number of phenols is 1. The van der Waals surface area contributed by atoms with E-state index in [1.807, 2.05) is 0 Å². The molecule has 0 aromatic heterocycles. The second kappa shape index (κ2) is 32.4. The molecule has 0 bridgehead atoms. The molecule has 3 amide bonds. The van der Waals surface area contributed by atoms with E-state index in [4.69, 9.17) is 9.47 Å². The number of ether oxygens (including phenoxy) is 2. The van der Waals surface area contributed by atoms with E-state index in [1.165, 1.54) is 39.8 Å². The van der Waals surface area contributed by atoms with Crippen molar-refractivity contribution in [3.05, 3.63) is 133 Å². The third kappa shape index (κ3) is 23.1. The number of rotatable bonds is 32. The minimum absolute atomic E-state index is 0.00819. The summed E-state index contributed by atoms with van der Waals surface area (Å²) >= 11 is 0. The molecule has 0 spiro atoms. The number of carbonyl (C=O) groups excluding carboxylic acids is 5. The van der Waals surface area contributed by atoms with Crippen LogP contribution in [-0.4, -0.2) is 72.8 Å². The van der Waals surface area contributed by atoms with E-state index in [1.54, 1.807) is 44.2 Å². The molecule has 0 saturated heterocycles. The zero-order chi connectivity index (χ0) is 45.3. The number of phenolic OH excluding ortho intramolecular Hbond substituents is 1. The number of esters is 1. The van der Waals surface area contributed by atoms with E-state index in [0.29, 0.717) is 43.1 Å². The van der Waals surface area contributed by atoms with E-state index in [-0.39, 0.29) is 48.1 Å². The van der Waals surface area contributed by atoms with Gasteiger partial charge in [0.15, 0.2) is 0 Å². The highest BCUT2D eigenvalue weighted by Gasteiger charge is 2.36. The number of nitrogens with one attached hydrogen (secondary N) is 3. The summed E-state index contributed by atoms with van der Waals surface area (Å²) in [6, 6.07) is 12.4. The summed E-state index contributed by atoms with van der Waals surface area (Å²) < 4.78 is 11.3. The third-order valence-corrected chi connectivity index (χ3v) is 11.5. The minimum Gasteiger partial charge on any atom is -0.507 e. The van der Waals surface area contributed by atoms with Crippen LogP contribution in [0.15, 0.2) is 122 Å². The van der Waals surface area contributed by atoms with Gasteiger partial charge in [0.05, 0.1) is 17.9 Å². The first-order valence-electron chi connectivity index (χ1n) is 21.2. The molecule has 0 radical (unpaired) electrons. The van der Waals surface area contributed by atoms with Crippen molar-refractivity contribution in [2.45, 2.75) is 78.6 Å². The van der Waals surface area contributed by atoms with Crippen molar-refractivity contribution in [1.29, 1.82) is 0 Å². The highest BCUT2D eigenvalue weighted by Crippen LogP contribution is 2.28. The second-order valence-electron chi connectivity index (χ2n) is 14.7. The number of hydrogen-bond donors (Lipinski definition) is 4. The third-order valence-electron chi connectivity index (χ3n) is 9.06. The molecule has 13 heteroatoms. The van der Waals surface area contributed by atoms with Crippen LogP contribution in [0.4, 0.5) is 0 Å². The molecule has 62 heavy (non-hydrogen) atoms. The molecule has 2 rings (SSSR count). The fourth-order valence-corrected chi connectivity index (χ4v) is 7.34. The predicted octanol–water partition coefficient (Wildman–Crippen LogP) is 9.64. The lowest BCUT2D eigenvalue weighted by atomic mass is 9.79. The van der Waals surface area contributed by atoms with Crippen LogP contribution in [0.3, 0.4) is 0 Å². The van der Waals surface area contributed by atoms with Gasteiger partial charge in [0.1, 0.15) is 29.3 Å². The first-order valence-corrected chi connectivity index (χ1v) is 23.7. The smallest absolute Gasteiger partial charge is 0.347 e. The van der Waals surface area contributed by atoms with Crippen molar-refractivity contribution >= 4 is 51.6 Å². The van der Waals surface area contributed by atoms with E-state index < -0.39 is 29.1 Å². The Balaban J connectivity index is 1.53. The zero-order valence-electron chi connectivity index (χ0n) is 36.5. The van der Waals surface area contributed by atoms with E-state index >= 15 is 0 Å². The van der Waals surface area contributed by atoms with Gasteiger partial charge in [-0.05, 0) is 69.2 Å². The highest BCUT2D eigenvalue weighted by atomic mass is 33.1. The summed E-state index contributed by atoms with van der Waals surface area (Å²) in [4.78, 5) is 62.5. The average molecular weight is 888 g/mol. The van der Waals surface area contributed by atoms with Gasteiger partial charge in [-0.3, -0.25) is 14.4 Å². The Labute approximate surface area is 376 Å². The van der Waals surface area contributed by atoms with Gasteiger partial charge in [-0.15, -0.1) is 0 Å². The molecule has 11 nitrogen and oxygen atoms in total. The molecule has 1 atom stereocenters. The van der Waals surface area contributed by atoms with Gasteiger partial charge < -0.3 is 35.3 Å². The highest BCUT2D eigenvalue weighted by molar-refractivity contribution is 8.76. The number of aldehydes is 1. The molecule has 0 aliphatic rings. The van der Waals surface area contributed by atoms with Gasteiger partial charge in [0, 0.05) is 49.4 Å². The topological polar surface area (TPSA) is 160 Å². The minimum atomic E-state index is -0.958. The molecule has 336 valence electrons. The molecule has 4 N–H and O–H groups in total. The molecule has 0 fully saturated rings. The van der Waals surface area contributed by atoms with Crippen LogP contribution in [0.25, 0.3) is 0 Å². The maximum absolute atomic E-state index is 12.9. The standard InChI is InChI=1S/C49H65N3O8S2/c1-5-6-7-8-9-10-11-12-13-14-15-16-17-18-19-20-21-26-39(2)59-38-49(3,4)42(37-53)47(57)51-32-31-45(55)50-33-35-61-62-36-34-52-46(56)41-28-23-25-30-44(41)60-48(58)40-27-22-24-29-43(40)54/h6-7,9-10,12-13,15-16,18-19,22-25,27-30,37,42,54H,2,5,8,11,14,17,20-21,26,31-36,38H2,1,3-4H3,(H,50,55)(H,51,57)(H,52,56)/b7-6-,10-9-,13-12-,16-15-,19-18-. The lowest BCUT2D eigenvalue weighted by Gasteiger charge is -2.30. The lowest BCUT2D eigenvalue weighted by molar-refractivity contribution is -0.135. The molecule has 2 aromatic rings. The number of amides is 3. The van der Waals surface area contributed by atoms with E-state index in [0.717, 1.165) is 44.9 Å². The summed E-state index contributed by atoms with van der Waals surface area (Å²) in [6.07, 6.45) is 29.8. The van der Waals surface area contributed by atoms with Gasteiger partial charge in [-0.2, -0.15) is 0 Å². The largest absolute Gasteiger partial charge is 0.507 e. The monoisotopic (exact) mass is 887 g/mol. The first kappa shape index (κ1) is 52.9. The number of aromatic hydroxyl groups is 1. The number of carbonyl (C=O) groups is 5. The molecule has 2 aromatic carbocycles. The van der Waals surface area contributed by atoms with Gasteiger partial charge in [0.2, 0.25) is 11.8 Å². The fourth-order valence-electron chi connectivity index (χ4n) is 5.53. The van der Waals surface area contributed by atoms with Crippen LogP contribution in [-0.2, 0) is 19.1 Å². The summed E-state index contributed by atoms with van der Waals surface area (Å²) in [5, 5.41) is 18.3. The van der Waals surface area contributed by atoms with Gasteiger partial charge in [-0.1, -0.05) is 134 Å². The van der Waals surface area contributed by atoms with Crippen molar-refractivity contribution in [3.8, 4) is 11.5 Å². The van der Waals surface area contributed by atoms with Crippen LogP contribution in [0.2, 0.25) is 0 Å². The van der Waals surface area contributed by atoms with Gasteiger partial charge >= 0.3 is 5.97 Å². The lowest BCUT2D eigenvalue weighted by Crippen LogP contribution is -2.43. The van der Waals surface area contributed by atoms with Crippen LogP contribution in [0.5, 0.6) is 11.5 Å². The number of hydrogen-bond acceptors (Lipinski definition) is 10. The Morgan fingerprint density at radius 3 is 1.92 bits per heavy atom. The zero-order valence-corrected chi connectivity index (χ0v) is 38.1. The van der Waals surface area contributed by atoms with Crippen LogP contribution < -0.4 is 20.7 Å². The van der Waals surface area contributed by atoms with Gasteiger partial charge in [-0.25, -0.2) is 4.79 Å². The summed E-state index contributed by atoms with van der Waals surface area (Å²) in [7, 11) is 3.06. The summed E-state index contributed by atoms with van der Waals surface area (Å²) in [5.41, 5.74) is -0.605. The fraction of sp³-hybridized carbons (Fsp3) is 0.408. The molecule has 0 aliphatic carbocycles. The normalized spacial score (nSPS) is 12.3. The maximum atomic E-state index is 12.9. The van der Waals surface area contributed by atoms with Crippen LogP contribution >= 0.6 is 21.6 Å². The van der Waals surface area contributed by atoms with Crippen molar-refractivity contribution in [2.24, 2.45) is 11.3 Å². The molecule has 0 aliphatic heterocycles. The average Bonchev–Trinajstić information content (AvgIpc) is 3.25. The molecule has 0 saturated carbocycles. The Morgan fingerprint density at radius 1 is 0.742 bits per heavy atom. The van der Waals surface area contributed by atoms with Crippen molar-refractivity contribution < 1.29 is 38.6 Å². The number of unbranched alkanes of at least 4 members (excludes halogenated alkanes) is 1. The number of benzene rings is 2. The van der Waals surface area contributed by atoms with Crippen LogP contribution in [0.1, 0.15) is 99.3 Å². The Hall–Kier alpha value is -5.27. The SMILES string of the molecule is C=C(CCC/C=C\C/C=C\C/C=C\C/C=C\C/C=C\CC)OCC(C)(C)C(C=O)C(=O)NCCC(=O)NCCSSCCNC(=O)c1ccccc1OC(=O)c1ccccc1O. The molecular weight excluding hydrogens is 823 g/mol. The molecule has 0 heterocycles. The van der Waals surface area contributed by atoms with E-state index in [2.05, 4.69) is 90.2 Å². The van der Waals surface area contributed by atoms with Gasteiger partial charge in [0.25, 0.3) is 5.91 Å². The van der Waals surface area contributed by atoms with Crippen molar-refractivity contribution in [3.63, 3.8) is 0 Å². The first-order chi connectivity index (χ1) is 30.0. The quantitative estimate of drug-likeness (QED) is 0.00815.